The van der Waals surface area contributed by atoms with Gasteiger partial charge >= 0.3 is 0 Å². The Morgan fingerprint density at radius 3 is 1.40 bits per heavy atom. The summed E-state index contributed by atoms with van der Waals surface area (Å²) in [5.41, 5.74) is 5.19. The van der Waals surface area contributed by atoms with Gasteiger partial charge in [-0.1, -0.05) is 12.1 Å². The maximum absolute atomic E-state index is 14.4. The molecule has 2 saturated carbocycles. The topological polar surface area (TPSA) is 145 Å². The Labute approximate surface area is 326 Å². The summed E-state index contributed by atoms with van der Waals surface area (Å²) in [6.07, 6.45) is 8.33. The molecule has 0 unspecified atom stereocenters. The van der Waals surface area contributed by atoms with Crippen LogP contribution in [0.1, 0.15) is 12.8 Å². The molecule has 12 nitrogen and oxygen atoms in total. The minimum absolute atomic E-state index is 0.160. The first kappa shape index (κ1) is 36.3. The van der Waals surface area contributed by atoms with Crippen molar-refractivity contribution in [2.45, 2.75) is 25.2 Å². The third kappa shape index (κ3) is 7.58. The fraction of sp³-hybridized carbons (Fsp3) is 0.143. The lowest BCUT2D eigenvalue weighted by atomic mass is 10.1. The van der Waals surface area contributed by atoms with E-state index in [1.165, 1.54) is 45.8 Å². The second kappa shape index (κ2) is 14.9. The van der Waals surface area contributed by atoms with Gasteiger partial charge in [0.1, 0.15) is 35.4 Å². The Kier molecular flexibility index (Phi) is 9.35. The molecular formula is C42H30F4N10O2. The van der Waals surface area contributed by atoms with Crippen LogP contribution in [0.25, 0.3) is 56.0 Å². The normalized spacial score (nSPS) is 18.0. The highest BCUT2D eigenvalue weighted by atomic mass is 19.1. The SMILES string of the molecule is O=C(Nc1ccc(F)c(-n2cc3cc(-c4ccccn4)cnc3n2)c1)[C@@H]1C[C@H]1F.O=C(Nc1ccc(F)c(-n2cc3cc(-c4ccccn4)cnc3n2)c1)[C@H]1C[C@@H]1F. The van der Waals surface area contributed by atoms with Crippen LogP contribution in [0.15, 0.2) is 122 Å². The van der Waals surface area contributed by atoms with Gasteiger partial charge in [0, 0.05) is 70.5 Å². The molecule has 2 aliphatic carbocycles. The van der Waals surface area contributed by atoms with Gasteiger partial charge in [0.05, 0.1) is 23.2 Å². The number of benzene rings is 2. The van der Waals surface area contributed by atoms with Crippen LogP contribution in [0.5, 0.6) is 0 Å². The zero-order valence-corrected chi connectivity index (χ0v) is 30.2. The number of hydrogen-bond acceptors (Lipinski definition) is 8. The van der Waals surface area contributed by atoms with Crippen LogP contribution in [0.4, 0.5) is 28.9 Å². The third-order valence-corrected chi connectivity index (χ3v) is 9.66. The van der Waals surface area contributed by atoms with E-state index < -0.39 is 47.6 Å². The van der Waals surface area contributed by atoms with Crippen molar-refractivity contribution in [2.24, 2.45) is 11.8 Å². The number of carbonyl (C=O) groups is 2. The maximum Gasteiger partial charge on any atom is 0.230 e. The van der Waals surface area contributed by atoms with Gasteiger partial charge in [-0.2, -0.15) is 0 Å². The van der Waals surface area contributed by atoms with Gasteiger partial charge in [-0.05, 0) is 85.6 Å². The zero-order valence-electron chi connectivity index (χ0n) is 30.2. The summed E-state index contributed by atoms with van der Waals surface area (Å²) in [6.45, 7) is 0. The fourth-order valence-electron chi connectivity index (χ4n) is 6.30. The molecule has 4 atom stereocenters. The summed E-state index contributed by atoms with van der Waals surface area (Å²) < 4.78 is 57.7. The summed E-state index contributed by atoms with van der Waals surface area (Å²) in [4.78, 5) is 41.2. The molecule has 0 bridgehead atoms. The van der Waals surface area contributed by atoms with Crippen molar-refractivity contribution in [1.82, 2.24) is 39.5 Å². The molecule has 6 heterocycles. The summed E-state index contributed by atoms with van der Waals surface area (Å²) in [5, 5.41) is 15.4. The van der Waals surface area contributed by atoms with Crippen LogP contribution >= 0.6 is 0 Å². The predicted octanol–water partition coefficient (Wildman–Crippen LogP) is 7.84. The number of rotatable bonds is 8. The number of aromatic nitrogens is 8. The lowest BCUT2D eigenvalue weighted by Gasteiger charge is -2.08. The number of anilines is 2. The van der Waals surface area contributed by atoms with Crippen molar-refractivity contribution >= 4 is 45.3 Å². The van der Waals surface area contributed by atoms with Crippen molar-refractivity contribution in [1.29, 1.82) is 0 Å². The Bertz CT molecular complexity index is 2640. The van der Waals surface area contributed by atoms with Gasteiger partial charge in [-0.25, -0.2) is 36.9 Å². The molecule has 2 aliphatic rings. The van der Waals surface area contributed by atoms with Gasteiger partial charge in [0.25, 0.3) is 0 Å². The standard InChI is InChI=1S/2C21H15F2N5O/c2*22-16-5-4-14(26-21(29)15-9-17(15)23)8-19(16)28-11-13-7-12(10-25-20(13)27-28)18-3-1-2-6-24-18/h2*1-8,10-11,15,17H,9H2,(H,26,29)/t2*15-,17-/m10/s1. The third-order valence-electron chi connectivity index (χ3n) is 9.66. The first-order valence-electron chi connectivity index (χ1n) is 18.2. The summed E-state index contributed by atoms with van der Waals surface area (Å²) in [5.74, 6) is -3.05. The molecular weight excluding hydrogens is 753 g/mol. The van der Waals surface area contributed by atoms with E-state index >= 15 is 0 Å². The fourth-order valence-corrected chi connectivity index (χ4v) is 6.30. The summed E-state index contributed by atoms with van der Waals surface area (Å²) >= 11 is 0. The van der Waals surface area contributed by atoms with E-state index in [-0.39, 0.29) is 24.2 Å². The number of amides is 2. The highest BCUT2D eigenvalue weighted by molar-refractivity contribution is 5.95. The second-order valence-corrected chi connectivity index (χ2v) is 13.9. The van der Waals surface area contributed by atoms with Crippen molar-refractivity contribution < 1.29 is 27.2 Å². The molecule has 58 heavy (non-hydrogen) atoms. The number of pyridine rings is 4. The van der Waals surface area contributed by atoms with Crippen LogP contribution in [0, 0.1) is 23.5 Å². The number of alkyl halides is 2. The molecule has 16 heteroatoms. The average Bonchev–Trinajstić information content (AvgIpc) is 4.05. The predicted molar refractivity (Wildman–Crippen MR) is 207 cm³/mol. The van der Waals surface area contributed by atoms with Gasteiger partial charge in [0.2, 0.25) is 11.8 Å². The van der Waals surface area contributed by atoms with Gasteiger partial charge in [-0.15, -0.1) is 10.2 Å². The number of carbonyl (C=O) groups excluding carboxylic acids is 2. The van der Waals surface area contributed by atoms with Crippen LogP contribution in [-0.2, 0) is 9.59 Å². The number of nitrogens with zero attached hydrogens (tertiary/aromatic N) is 8. The minimum Gasteiger partial charge on any atom is -0.326 e. The van der Waals surface area contributed by atoms with E-state index in [9.17, 15) is 27.2 Å². The smallest absolute Gasteiger partial charge is 0.230 e. The molecule has 0 radical (unpaired) electrons. The first-order chi connectivity index (χ1) is 28.2. The average molecular weight is 783 g/mol. The number of halogens is 4. The van der Waals surface area contributed by atoms with Crippen molar-refractivity contribution in [3.05, 3.63) is 134 Å². The molecule has 2 N–H and O–H groups in total. The van der Waals surface area contributed by atoms with Crippen LogP contribution in [0.3, 0.4) is 0 Å². The van der Waals surface area contributed by atoms with E-state index in [1.54, 1.807) is 37.2 Å². The molecule has 10 rings (SSSR count). The Morgan fingerprint density at radius 2 is 1.02 bits per heavy atom. The van der Waals surface area contributed by atoms with E-state index in [4.69, 9.17) is 0 Å². The molecule has 2 amide bonds. The quantitative estimate of drug-likeness (QED) is 0.148. The molecule has 2 fully saturated rings. The highest BCUT2D eigenvalue weighted by Crippen LogP contribution is 2.36. The lowest BCUT2D eigenvalue weighted by molar-refractivity contribution is -0.118. The molecule has 6 aromatic heterocycles. The Hall–Kier alpha value is -7.36. The highest BCUT2D eigenvalue weighted by Gasteiger charge is 2.44. The van der Waals surface area contributed by atoms with Crippen LogP contribution < -0.4 is 10.6 Å². The Morgan fingerprint density at radius 1 is 0.586 bits per heavy atom. The van der Waals surface area contributed by atoms with Crippen molar-refractivity contribution in [2.75, 3.05) is 10.6 Å². The monoisotopic (exact) mass is 782 g/mol. The van der Waals surface area contributed by atoms with E-state index in [0.29, 0.717) is 22.7 Å². The summed E-state index contributed by atoms with van der Waals surface area (Å²) in [7, 11) is 0. The largest absolute Gasteiger partial charge is 0.326 e. The first-order valence-corrected chi connectivity index (χ1v) is 18.2. The second-order valence-electron chi connectivity index (χ2n) is 13.9. The molecule has 2 aromatic carbocycles. The van der Waals surface area contributed by atoms with E-state index in [2.05, 4.69) is 40.8 Å². The van der Waals surface area contributed by atoms with Crippen molar-refractivity contribution in [3.8, 4) is 33.9 Å². The molecule has 288 valence electrons. The van der Waals surface area contributed by atoms with E-state index in [0.717, 1.165) is 33.3 Å². The van der Waals surface area contributed by atoms with Crippen LogP contribution in [0.2, 0.25) is 0 Å². The molecule has 0 aliphatic heterocycles. The van der Waals surface area contributed by atoms with Gasteiger partial charge in [0.15, 0.2) is 11.3 Å². The maximum atomic E-state index is 14.4. The number of hydrogen-bond donors (Lipinski definition) is 2. The summed E-state index contributed by atoms with van der Waals surface area (Å²) in [6, 6.07) is 23.2. The van der Waals surface area contributed by atoms with E-state index in [1.807, 2.05) is 48.5 Å². The zero-order chi connectivity index (χ0) is 39.9. The van der Waals surface area contributed by atoms with Crippen LogP contribution in [-0.4, -0.2) is 63.7 Å². The number of fused-ring (bicyclic) bond motifs is 2. The van der Waals surface area contributed by atoms with Gasteiger partial charge < -0.3 is 10.6 Å². The molecule has 0 saturated heterocycles. The van der Waals surface area contributed by atoms with Crippen molar-refractivity contribution in [3.63, 3.8) is 0 Å². The van der Waals surface area contributed by atoms with Gasteiger partial charge in [-0.3, -0.25) is 19.6 Å². The number of nitrogens with one attached hydrogen (secondary N) is 2. The lowest BCUT2D eigenvalue weighted by Crippen LogP contribution is -2.15. The Balaban J connectivity index is 0.000000150. The molecule has 8 aromatic rings. The molecule has 0 spiro atoms. The minimum atomic E-state index is -1.09.